The van der Waals surface area contributed by atoms with Gasteiger partial charge in [0.1, 0.15) is 28.6 Å². The molecule has 0 atom stereocenters. The summed E-state index contributed by atoms with van der Waals surface area (Å²) in [5, 5.41) is 13.6. The molecule has 1 N–H and O–H groups in total. The molecule has 1 amide bonds. The zero-order valence-electron chi connectivity index (χ0n) is 15.9. The Bertz CT molecular complexity index is 1020. The van der Waals surface area contributed by atoms with Crippen molar-refractivity contribution in [1.82, 2.24) is 10.1 Å². The quantitative estimate of drug-likeness (QED) is 0.642. The first-order valence-electron chi connectivity index (χ1n) is 9.44. The number of nitrogens with zero attached hydrogens (tertiary/aromatic N) is 2. The molecule has 1 saturated heterocycles. The van der Waals surface area contributed by atoms with Crippen LogP contribution in [-0.2, 0) is 0 Å². The number of aromatic nitrogens is 1. The Balaban J connectivity index is 1.56. The van der Waals surface area contributed by atoms with Crippen LogP contribution in [0.5, 0.6) is 5.75 Å². The minimum absolute atomic E-state index is 0.0772. The third kappa shape index (κ3) is 3.72. The molecule has 0 unspecified atom stereocenters. The van der Waals surface area contributed by atoms with Gasteiger partial charge in [-0.1, -0.05) is 35.0 Å². The lowest BCUT2D eigenvalue weighted by molar-refractivity contribution is 0.0712. The Morgan fingerprint density at radius 3 is 2.55 bits per heavy atom. The second kappa shape index (κ2) is 7.87. The van der Waals surface area contributed by atoms with E-state index in [0.29, 0.717) is 24.8 Å². The number of phenolic OH excluding ortho intramolecular Hbond substituents is 1. The number of benzene rings is 2. The van der Waals surface area contributed by atoms with Gasteiger partial charge in [0.25, 0.3) is 5.91 Å². The maximum atomic E-state index is 14.4. The first-order chi connectivity index (χ1) is 14.0. The summed E-state index contributed by atoms with van der Waals surface area (Å²) in [6.07, 6.45) is 1.60. The molecule has 0 bridgehead atoms. The summed E-state index contributed by atoms with van der Waals surface area (Å²) >= 11 is 6.17. The number of phenols is 1. The van der Waals surface area contributed by atoms with E-state index in [1.165, 1.54) is 12.1 Å². The number of aryl methyl sites for hydroxylation is 1. The van der Waals surface area contributed by atoms with Crippen LogP contribution < -0.4 is 0 Å². The standard InChI is InChI=1S/C22H20ClFN2O3/c1-13-19(21(25-29-13)20-17(23)3-2-4-18(20)24)22(28)26-11-9-15(10-12-26)14-5-7-16(27)8-6-14/h2-8,15,27H,9-12H2,1H3. The molecular weight excluding hydrogens is 395 g/mol. The highest BCUT2D eigenvalue weighted by Gasteiger charge is 2.31. The molecule has 5 nitrogen and oxygen atoms in total. The van der Waals surface area contributed by atoms with Gasteiger partial charge in [0, 0.05) is 13.1 Å². The average Bonchev–Trinajstić information content (AvgIpc) is 3.09. The zero-order valence-corrected chi connectivity index (χ0v) is 16.6. The van der Waals surface area contributed by atoms with Gasteiger partial charge in [-0.25, -0.2) is 4.39 Å². The van der Waals surface area contributed by atoms with Crippen molar-refractivity contribution in [3.8, 4) is 17.0 Å². The van der Waals surface area contributed by atoms with Crippen LogP contribution in [-0.4, -0.2) is 34.2 Å². The fraction of sp³-hybridized carbons (Fsp3) is 0.273. The van der Waals surface area contributed by atoms with E-state index in [1.54, 1.807) is 30.0 Å². The number of aromatic hydroxyl groups is 1. The third-order valence-corrected chi connectivity index (χ3v) is 5.74. The lowest BCUT2D eigenvalue weighted by Crippen LogP contribution is -2.38. The van der Waals surface area contributed by atoms with Crippen molar-refractivity contribution >= 4 is 17.5 Å². The van der Waals surface area contributed by atoms with Gasteiger partial charge in [0.05, 0.1) is 10.6 Å². The summed E-state index contributed by atoms with van der Waals surface area (Å²) in [7, 11) is 0. The Kier molecular flexibility index (Phi) is 5.28. The van der Waals surface area contributed by atoms with Gasteiger partial charge >= 0.3 is 0 Å². The number of amides is 1. The number of rotatable bonds is 3. The molecule has 2 aromatic carbocycles. The summed E-state index contributed by atoms with van der Waals surface area (Å²) in [6, 6.07) is 11.5. The molecule has 1 fully saturated rings. The maximum absolute atomic E-state index is 14.4. The van der Waals surface area contributed by atoms with Crippen LogP contribution in [0.1, 0.15) is 40.4 Å². The van der Waals surface area contributed by atoms with Gasteiger partial charge in [-0.3, -0.25) is 4.79 Å². The van der Waals surface area contributed by atoms with Crippen molar-refractivity contribution in [2.45, 2.75) is 25.7 Å². The van der Waals surface area contributed by atoms with Crippen LogP contribution in [0.25, 0.3) is 11.3 Å². The zero-order chi connectivity index (χ0) is 20.5. The largest absolute Gasteiger partial charge is 0.508 e. The lowest BCUT2D eigenvalue weighted by atomic mass is 9.89. The van der Waals surface area contributed by atoms with Crippen LogP contribution >= 0.6 is 11.6 Å². The summed E-state index contributed by atoms with van der Waals surface area (Å²) in [4.78, 5) is 15.0. The van der Waals surface area contributed by atoms with Crippen molar-refractivity contribution < 1.29 is 18.8 Å². The Hall–Kier alpha value is -2.86. The topological polar surface area (TPSA) is 66.6 Å². The van der Waals surface area contributed by atoms with E-state index in [9.17, 15) is 14.3 Å². The van der Waals surface area contributed by atoms with Crippen molar-refractivity contribution in [3.63, 3.8) is 0 Å². The molecule has 29 heavy (non-hydrogen) atoms. The molecule has 3 aromatic rings. The molecule has 1 aliphatic rings. The van der Waals surface area contributed by atoms with E-state index in [0.717, 1.165) is 18.4 Å². The van der Waals surface area contributed by atoms with Crippen LogP contribution in [0.4, 0.5) is 4.39 Å². The summed E-state index contributed by atoms with van der Waals surface area (Å²) < 4.78 is 19.6. The van der Waals surface area contributed by atoms with Crippen LogP contribution in [0, 0.1) is 12.7 Å². The second-order valence-corrected chi connectivity index (χ2v) is 7.62. The molecule has 1 aliphatic heterocycles. The molecule has 2 heterocycles. The molecule has 150 valence electrons. The average molecular weight is 415 g/mol. The summed E-state index contributed by atoms with van der Waals surface area (Å²) in [6.45, 7) is 2.78. The van der Waals surface area contributed by atoms with E-state index >= 15 is 0 Å². The maximum Gasteiger partial charge on any atom is 0.259 e. The van der Waals surface area contributed by atoms with E-state index in [2.05, 4.69) is 5.16 Å². The predicted molar refractivity (Wildman–Crippen MR) is 108 cm³/mol. The lowest BCUT2D eigenvalue weighted by Gasteiger charge is -2.32. The fourth-order valence-electron chi connectivity index (χ4n) is 3.84. The second-order valence-electron chi connectivity index (χ2n) is 7.22. The summed E-state index contributed by atoms with van der Waals surface area (Å²) in [5.41, 5.74) is 1.61. The van der Waals surface area contributed by atoms with Gasteiger partial charge in [-0.2, -0.15) is 0 Å². The monoisotopic (exact) mass is 414 g/mol. The predicted octanol–water partition coefficient (Wildman–Crippen LogP) is 5.17. The SMILES string of the molecule is Cc1onc(-c2c(F)cccc2Cl)c1C(=O)N1CCC(c2ccc(O)cc2)CC1. The molecule has 0 aliphatic carbocycles. The van der Waals surface area contributed by atoms with E-state index in [1.807, 2.05) is 12.1 Å². The highest BCUT2D eigenvalue weighted by molar-refractivity contribution is 6.33. The number of likely N-dealkylation sites (tertiary alicyclic amines) is 1. The van der Waals surface area contributed by atoms with Gasteiger partial charge < -0.3 is 14.5 Å². The van der Waals surface area contributed by atoms with Gasteiger partial charge in [0.15, 0.2) is 0 Å². The van der Waals surface area contributed by atoms with Crippen LogP contribution in [0.3, 0.4) is 0 Å². The van der Waals surface area contributed by atoms with Crippen molar-refractivity contribution in [2.24, 2.45) is 0 Å². The Labute approximate surface area is 172 Å². The first kappa shape index (κ1) is 19.5. The van der Waals surface area contributed by atoms with Gasteiger partial charge in [0.2, 0.25) is 0 Å². The highest BCUT2D eigenvalue weighted by atomic mass is 35.5. The van der Waals surface area contributed by atoms with Crippen LogP contribution in [0.2, 0.25) is 5.02 Å². The van der Waals surface area contributed by atoms with Gasteiger partial charge in [-0.15, -0.1) is 0 Å². The summed E-state index contributed by atoms with van der Waals surface area (Å²) in [5.74, 6) is 0.116. The van der Waals surface area contributed by atoms with Gasteiger partial charge in [-0.05, 0) is 55.5 Å². The van der Waals surface area contributed by atoms with Crippen molar-refractivity contribution in [1.29, 1.82) is 0 Å². The number of carbonyl (C=O) groups is 1. The molecule has 0 spiro atoms. The number of carbonyl (C=O) groups excluding carboxylic acids is 1. The molecule has 1 aromatic heterocycles. The fourth-order valence-corrected chi connectivity index (χ4v) is 4.09. The Morgan fingerprint density at radius 2 is 1.90 bits per heavy atom. The molecular formula is C22H20ClFN2O3. The number of halogens is 2. The number of hydrogen-bond donors (Lipinski definition) is 1. The van der Waals surface area contributed by atoms with E-state index in [4.69, 9.17) is 16.1 Å². The minimum Gasteiger partial charge on any atom is -0.508 e. The normalized spacial score (nSPS) is 14.9. The van der Waals surface area contributed by atoms with Crippen molar-refractivity contribution in [3.05, 3.63) is 70.2 Å². The van der Waals surface area contributed by atoms with E-state index < -0.39 is 5.82 Å². The Morgan fingerprint density at radius 1 is 1.21 bits per heavy atom. The van der Waals surface area contributed by atoms with E-state index in [-0.39, 0.29) is 33.5 Å². The first-order valence-corrected chi connectivity index (χ1v) is 9.82. The van der Waals surface area contributed by atoms with Crippen LogP contribution in [0.15, 0.2) is 47.0 Å². The third-order valence-electron chi connectivity index (χ3n) is 5.42. The molecule has 0 saturated carbocycles. The highest BCUT2D eigenvalue weighted by Crippen LogP contribution is 2.35. The number of piperidine rings is 1. The number of hydrogen-bond acceptors (Lipinski definition) is 4. The molecule has 4 rings (SSSR count). The smallest absolute Gasteiger partial charge is 0.259 e. The molecule has 0 radical (unpaired) electrons. The van der Waals surface area contributed by atoms with Crippen molar-refractivity contribution in [2.75, 3.05) is 13.1 Å². The molecule has 7 heteroatoms. The minimum atomic E-state index is -0.550.